The summed E-state index contributed by atoms with van der Waals surface area (Å²) in [7, 11) is 0. The Bertz CT molecular complexity index is 1080. The fraction of sp³-hybridized carbons (Fsp3) is 0.357. The van der Waals surface area contributed by atoms with Crippen molar-refractivity contribution in [2.45, 2.75) is 25.0 Å². The third kappa shape index (κ3) is 4.36. The highest BCUT2D eigenvalue weighted by Gasteiger charge is 2.33. The molecule has 0 saturated carbocycles. The van der Waals surface area contributed by atoms with E-state index in [4.69, 9.17) is 0 Å². The summed E-state index contributed by atoms with van der Waals surface area (Å²) in [5.74, 6) is 0.728. The molecule has 0 aliphatic carbocycles. The van der Waals surface area contributed by atoms with Crippen molar-refractivity contribution in [3.63, 3.8) is 0 Å². The summed E-state index contributed by atoms with van der Waals surface area (Å²) < 4.78 is 13.2. The lowest BCUT2D eigenvalue weighted by atomic mass is 9.89. The largest absolute Gasteiger partial charge is 0.374 e. The summed E-state index contributed by atoms with van der Waals surface area (Å²) >= 11 is 0. The van der Waals surface area contributed by atoms with Gasteiger partial charge in [0.05, 0.1) is 0 Å². The summed E-state index contributed by atoms with van der Waals surface area (Å²) in [5.41, 5.74) is 3.43. The lowest BCUT2D eigenvalue weighted by molar-refractivity contribution is 0.0169. The van der Waals surface area contributed by atoms with Crippen LogP contribution in [-0.2, 0) is 0 Å². The maximum atomic E-state index is 13.2. The van der Waals surface area contributed by atoms with E-state index < -0.39 is 6.23 Å². The van der Waals surface area contributed by atoms with E-state index in [9.17, 15) is 9.50 Å². The smallest absolute Gasteiger partial charge is 0.134 e. The molecule has 2 saturated heterocycles. The lowest BCUT2D eigenvalue weighted by Crippen LogP contribution is -2.37. The Kier molecular flexibility index (Phi) is 6.09. The molecule has 2 heterocycles. The topological polar surface area (TPSA) is 26.7 Å². The predicted octanol–water partition coefficient (Wildman–Crippen LogP) is 5.34. The number of likely N-dealkylation sites (tertiary alicyclic amines) is 2. The number of aliphatic hydroxyl groups excluding tert-OH is 1. The van der Waals surface area contributed by atoms with Gasteiger partial charge in [-0.15, -0.1) is 0 Å². The van der Waals surface area contributed by atoms with Gasteiger partial charge in [-0.1, -0.05) is 66.7 Å². The minimum atomic E-state index is -0.618. The Morgan fingerprint density at radius 2 is 1.69 bits per heavy atom. The third-order valence-electron chi connectivity index (χ3n) is 7.29. The zero-order chi connectivity index (χ0) is 22.1. The number of fused-ring (bicyclic) bond motifs is 1. The van der Waals surface area contributed by atoms with E-state index in [0.29, 0.717) is 11.8 Å². The Balaban J connectivity index is 1.20. The first-order valence-corrected chi connectivity index (χ1v) is 11.6. The number of hydrogen-bond donors (Lipinski definition) is 1. The monoisotopic (exact) mass is 430 g/mol. The number of aliphatic hydroxyl groups is 1. The summed E-state index contributed by atoms with van der Waals surface area (Å²) in [6.45, 7) is 9.02. The molecule has 2 aliphatic heterocycles. The maximum Gasteiger partial charge on any atom is 0.134 e. The van der Waals surface area contributed by atoms with Crippen LogP contribution in [0.5, 0.6) is 0 Å². The average molecular weight is 431 g/mol. The van der Waals surface area contributed by atoms with Crippen molar-refractivity contribution in [2.24, 2.45) is 5.92 Å². The maximum absolute atomic E-state index is 13.2. The number of rotatable bonds is 5. The van der Waals surface area contributed by atoms with Gasteiger partial charge < -0.3 is 10.0 Å². The van der Waals surface area contributed by atoms with Crippen LogP contribution in [0.4, 0.5) is 4.39 Å². The molecule has 4 heteroatoms. The van der Waals surface area contributed by atoms with Crippen LogP contribution < -0.4 is 0 Å². The molecule has 32 heavy (non-hydrogen) atoms. The quantitative estimate of drug-likeness (QED) is 0.554. The first-order valence-electron chi connectivity index (χ1n) is 11.6. The fourth-order valence-electron chi connectivity index (χ4n) is 5.41. The minimum absolute atomic E-state index is 0.166. The van der Waals surface area contributed by atoms with Crippen molar-refractivity contribution in [1.29, 1.82) is 0 Å². The van der Waals surface area contributed by atoms with Crippen molar-refractivity contribution in [3.8, 4) is 0 Å². The van der Waals surface area contributed by atoms with E-state index in [1.807, 2.05) is 36.4 Å². The van der Waals surface area contributed by atoms with Gasteiger partial charge in [0.2, 0.25) is 0 Å². The molecular weight excluding hydrogens is 399 g/mol. The molecule has 2 atom stereocenters. The Hall–Kier alpha value is -2.53. The molecule has 3 nitrogen and oxygen atoms in total. The zero-order valence-electron chi connectivity index (χ0n) is 18.5. The molecule has 0 spiro atoms. The molecule has 1 N–H and O–H groups in total. The predicted molar refractivity (Wildman–Crippen MR) is 128 cm³/mol. The molecule has 2 fully saturated rings. The van der Waals surface area contributed by atoms with Crippen molar-refractivity contribution in [1.82, 2.24) is 9.80 Å². The highest BCUT2D eigenvalue weighted by Crippen LogP contribution is 2.34. The number of nitrogens with zero attached hydrogens (tertiary/aromatic N) is 2. The first-order chi connectivity index (χ1) is 15.6. The second-order valence-corrected chi connectivity index (χ2v) is 9.35. The van der Waals surface area contributed by atoms with Crippen LogP contribution in [0, 0.1) is 11.7 Å². The number of hydrogen-bond acceptors (Lipinski definition) is 3. The van der Waals surface area contributed by atoms with Gasteiger partial charge in [-0.25, -0.2) is 4.39 Å². The van der Waals surface area contributed by atoms with Gasteiger partial charge in [0.25, 0.3) is 0 Å². The van der Waals surface area contributed by atoms with Gasteiger partial charge in [-0.05, 0) is 60.3 Å². The van der Waals surface area contributed by atoms with Gasteiger partial charge in [0.15, 0.2) is 0 Å². The Morgan fingerprint density at radius 1 is 0.969 bits per heavy atom. The molecule has 2 aliphatic rings. The van der Waals surface area contributed by atoms with Crippen molar-refractivity contribution in [2.75, 3.05) is 32.7 Å². The highest BCUT2D eigenvalue weighted by atomic mass is 19.1. The van der Waals surface area contributed by atoms with Gasteiger partial charge >= 0.3 is 0 Å². The van der Waals surface area contributed by atoms with Crippen LogP contribution in [0.25, 0.3) is 10.8 Å². The third-order valence-corrected chi connectivity index (χ3v) is 7.29. The summed E-state index contributed by atoms with van der Waals surface area (Å²) in [4.78, 5) is 4.68. The molecular formula is C28H31FN2O. The second kappa shape index (κ2) is 9.14. The van der Waals surface area contributed by atoms with Crippen LogP contribution in [0.15, 0.2) is 78.9 Å². The minimum Gasteiger partial charge on any atom is -0.374 e. The fourth-order valence-corrected chi connectivity index (χ4v) is 5.41. The van der Waals surface area contributed by atoms with Gasteiger partial charge in [-0.2, -0.15) is 0 Å². The van der Waals surface area contributed by atoms with Crippen molar-refractivity contribution < 1.29 is 9.50 Å². The van der Waals surface area contributed by atoms with E-state index in [1.165, 1.54) is 11.1 Å². The van der Waals surface area contributed by atoms with E-state index in [1.54, 1.807) is 12.1 Å². The molecule has 5 rings (SSSR count). The van der Waals surface area contributed by atoms with E-state index >= 15 is 0 Å². The lowest BCUT2D eigenvalue weighted by Gasteiger charge is -2.34. The van der Waals surface area contributed by atoms with Crippen LogP contribution >= 0.6 is 0 Å². The van der Waals surface area contributed by atoms with Gasteiger partial charge in [-0.3, -0.25) is 4.90 Å². The molecule has 2 unspecified atom stereocenters. The number of piperidine rings is 1. The normalized spacial score (nSPS) is 21.9. The molecule has 0 bridgehead atoms. The molecule has 0 aromatic heterocycles. The molecule has 0 radical (unpaired) electrons. The standard InChI is InChI=1S/C28H31FN2O/c1-20-17-31(28(32)27-8-4-6-23-5-2-3-7-26(23)27)19-24(20)18-30-15-13-22(14-16-30)21-9-11-25(29)12-10-21/h2-12,22,24,28,32H,1,13-19H2. The average Bonchev–Trinajstić information content (AvgIpc) is 3.19. The number of benzene rings is 3. The van der Waals surface area contributed by atoms with E-state index in [2.05, 4.69) is 34.6 Å². The van der Waals surface area contributed by atoms with Gasteiger partial charge in [0, 0.05) is 31.1 Å². The molecule has 166 valence electrons. The van der Waals surface area contributed by atoms with E-state index in [0.717, 1.165) is 61.9 Å². The van der Waals surface area contributed by atoms with Crippen LogP contribution in [0.3, 0.4) is 0 Å². The van der Waals surface area contributed by atoms with Crippen LogP contribution in [-0.4, -0.2) is 47.6 Å². The Morgan fingerprint density at radius 3 is 2.47 bits per heavy atom. The first kappa shape index (κ1) is 21.3. The SMILES string of the molecule is C=C1CN(C(O)c2cccc3ccccc23)CC1CN1CCC(c2ccc(F)cc2)CC1. The van der Waals surface area contributed by atoms with Crippen LogP contribution in [0.1, 0.15) is 36.1 Å². The van der Waals surface area contributed by atoms with Crippen LogP contribution in [0.2, 0.25) is 0 Å². The van der Waals surface area contributed by atoms with Crippen molar-refractivity contribution >= 4 is 10.8 Å². The summed E-state index contributed by atoms with van der Waals surface area (Å²) in [6.07, 6.45) is 1.59. The number of halogens is 1. The summed E-state index contributed by atoms with van der Waals surface area (Å²) in [5, 5.41) is 13.5. The summed E-state index contributed by atoms with van der Waals surface area (Å²) in [6, 6.07) is 21.4. The molecule has 0 amide bonds. The highest BCUT2D eigenvalue weighted by molar-refractivity contribution is 5.85. The van der Waals surface area contributed by atoms with E-state index in [-0.39, 0.29) is 5.82 Å². The Labute approximate surface area is 189 Å². The zero-order valence-corrected chi connectivity index (χ0v) is 18.5. The second-order valence-electron chi connectivity index (χ2n) is 9.35. The molecule has 3 aromatic rings. The molecule has 3 aromatic carbocycles. The van der Waals surface area contributed by atoms with Crippen molar-refractivity contribution in [3.05, 3.63) is 95.8 Å². The van der Waals surface area contributed by atoms with Gasteiger partial charge in [0.1, 0.15) is 12.0 Å².